The Morgan fingerprint density at radius 2 is 1.67 bits per heavy atom. The van der Waals surface area contributed by atoms with Crippen molar-refractivity contribution in [2.75, 3.05) is 6.61 Å². The maximum absolute atomic E-state index is 5.37. The molecule has 1 heteroatoms. The minimum absolute atomic E-state index is 0.820. The lowest BCUT2D eigenvalue weighted by molar-refractivity contribution is 0.152. The zero-order valence-electron chi connectivity index (χ0n) is 8.86. The van der Waals surface area contributed by atoms with Gasteiger partial charge in [0.2, 0.25) is 0 Å². The van der Waals surface area contributed by atoms with Crippen LogP contribution in [-0.2, 0) is 4.74 Å². The molecule has 1 nitrogen and oxygen atoms in total. The van der Waals surface area contributed by atoms with Crippen molar-refractivity contribution < 1.29 is 4.74 Å². The average Bonchev–Trinajstić information content (AvgIpc) is 2.05. The van der Waals surface area contributed by atoms with Gasteiger partial charge >= 0.3 is 0 Å². The Kier molecular flexibility index (Phi) is 9.02. The summed E-state index contributed by atoms with van der Waals surface area (Å²) in [7, 11) is 0. The van der Waals surface area contributed by atoms with Gasteiger partial charge in [-0.15, -0.1) is 0 Å². The van der Waals surface area contributed by atoms with Gasteiger partial charge in [-0.3, -0.25) is 0 Å². The van der Waals surface area contributed by atoms with Crippen LogP contribution in [0.3, 0.4) is 0 Å². The molecular weight excluding hydrogens is 148 g/mol. The zero-order chi connectivity index (χ0) is 9.23. The lowest BCUT2D eigenvalue weighted by Crippen LogP contribution is -1.97. The van der Waals surface area contributed by atoms with Gasteiger partial charge < -0.3 is 4.74 Å². The molecule has 0 aliphatic carbocycles. The van der Waals surface area contributed by atoms with Crippen LogP contribution in [0.4, 0.5) is 0 Å². The Bertz CT molecular complexity index is 81.1. The quantitative estimate of drug-likeness (QED) is 0.503. The Morgan fingerprint density at radius 3 is 2.25 bits per heavy atom. The van der Waals surface area contributed by atoms with Gasteiger partial charge in [0, 0.05) is 6.61 Å². The lowest BCUT2D eigenvalue weighted by Gasteiger charge is -2.09. The summed E-state index contributed by atoms with van der Waals surface area (Å²) in [5.41, 5.74) is 0. The average molecular weight is 171 g/mol. The molecule has 0 aliphatic heterocycles. The molecule has 0 rings (SSSR count). The summed E-state index contributed by atoms with van der Waals surface area (Å²) >= 11 is 0. The third-order valence-corrected chi connectivity index (χ3v) is 2.02. The van der Waals surface area contributed by atoms with E-state index >= 15 is 0 Å². The second-order valence-corrected chi connectivity index (χ2v) is 3.30. The van der Waals surface area contributed by atoms with E-state index in [9.17, 15) is 0 Å². The molecule has 1 radical (unpaired) electrons. The lowest BCUT2D eigenvalue weighted by atomic mass is 10.1. The molecule has 0 saturated heterocycles. The largest absolute Gasteiger partial charge is 0.373 e. The van der Waals surface area contributed by atoms with E-state index in [4.69, 9.17) is 4.74 Å². The van der Waals surface area contributed by atoms with Crippen LogP contribution >= 0.6 is 0 Å². The Hall–Kier alpha value is -0.0400. The van der Waals surface area contributed by atoms with Gasteiger partial charge in [-0.25, -0.2) is 0 Å². The molecule has 0 unspecified atom stereocenters. The summed E-state index contributed by atoms with van der Waals surface area (Å²) < 4.78 is 5.37. The molecule has 0 amide bonds. The zero-order valence-corrected chi connectivity index (χ0v) is 8.86. The van der Waals surface area contributed by atoms with Gasteiger partial charge in [0.1, 0.15) is 0 Å². The Balaban J connectivity index is 2.97. The predicted molar refractivity (Wildman–Crippen MR) is 53.9 cm³/mol. The van der Waals surface area contributed by atoms with Crippen LogP contribution in [0, 0.1) is 6.10 Å². The maximum Gasteiger partial charge on any atom is 0.0939 e. The summed E-state index contributed by atoms with van der Waals surface area (Å²) in [4.78, 5) is 0. The Labute approximate surface area is 77.5 Å². The first-order valence-corrected chi connectivity index (χ1v) is 5.26. The van der Waals surface area contributed by atoms with Gasteiger partial charge in [-0.05, 0) is 20.3 Å². The third kappa shape index (κ3) is 8.06. The van der Waals surface area contributed by atoms with Crippen molar-refractivity contribution in [3.05, 3.63) is 6.10 Å². The fourth-order valence-electron chi connectivity index (χ4n) is 1.30. The second-order valence-electron chi connectivity index (χ2n) is 3.30. The van der Waals surface area contributed by atoms with E-state index in [1.807, 2.05) is 6.92 Å². The summed E-state index contributed by atoms with van der Waals surface area (Å²) in [6.07, 6.45) is 9.10. The van der Waals surface area contributed by atoms with Crippen molar-refractivity contribution in [2.45, 2.75) is 59.3 Å². The van der Waals surface area contributed by atoms with Crippen molar-refractivity contribution in [2.24, 2.45) is 0 Å². The molecule has 0 aliphatic rings. The van der Waals surface area contributed by atoms with Crippen LogP contribution in [0.5, 0.6) is 0 Å². The van der Waals surface area contributed by atoms with Gasteiger partial charge in [0.15, 0.2) is 0 Å². The van der Waals surface area contributed by atoms with Crippen molar-refractivity contribution in [3.8, 4) is 0 Å². The van der Waals surface area contributed by atoms with E-state index in [0.717, 1.165) is 13.0 Å². The van der Waals surface area contributed by atoms with Crippen LogP contribution in [-0.4, -0.2) is 6.61 Å². The monoisotopic (exact) mass is 171 g/mol. The summed E-state index contributed by atoms with van der Waals surface area (Å²) in [6.45, 7) is 7.20. The Morgan fingerprint density at radius 1 is 1.00 bits per heavy atom. The standard InChI is InChI=1S/C11H23O/c1-4-6-7-8-9-10-11(3)12-5-2/h4-10H2,1-3H3. The molecule has 0 spiro atoms. The first-order chi connectivity index (χ1) is 5.81. The number of hydrogen-bond donors (Lipinski definition) is 0. The molecule has 0 saturated carbocycles. The molecule has 0 N–H and O–H groups in total. The normalized spacial score (nSPS) is 11.0. The minimum Gasteiger partial charge on any atom is -0.373 e. The van der Waals surface area contributed by atoms with Gasteiger partial charge in [-0.2, -0.15) is 0 Å². The van der Waals surface area contributed by atoms with Crippen LogP contribution in [0.2, 0.25) is 0 Å². The minimum atomic E-state index is 0.820. The second kappa shape index (κ2) is 9.05. The predicted octanol–water partition coefficient (Wildman–Crippen LogP) is 3.94. The highest BCUT2D eigenvalue weighted by atomic mass is 16.5. The van der Waals surface area contributed by atoms with Crippen LogP contribution in [0.25, 0.3) is 0 Å². The van der Waals surface area contributed by atoms with Gasteiger partial charge in [0.25, 0.3) is 0 Å². The first kappa shape index (κ1) is 12.0. The number of ether oxygens (including phenoxy) is 1. The van der Waals surface area contributed by atoms with E-state index in [1.165, 1.54) is 38.2 Å². The summed E-state index contributed by atoms with van der Waals surface area (Å²) in [5.74, 6) is 0. The van der Waals surface area contributed by atoms with Crippen LogP contribution in [0.15, 0.2) is 0 Å². The van der Waals surface area contributed by atoms with Gasteiger partial charge in [-0.1, -0.05) is 39.0 Å². The highest BCUT2D eigenvalue weighted by Gasteiger charge is 2.00. The molecule has 0 bridgehead atoms. The van der Waals surface area contributed by atoms with E-state index in [0.29, 0.717) is 0 Å². The molecule has 0 fully saturated rings. The molecule has 73 valence electrons. The fourth-order valence-corrected chi connectivity index (χ4v) is 1.30. The topological polar surface area (TPSA) is 9.23 Å². The summed E-state index contributed by atoms with van der Waals surface area (Å²) in [5, 5.41) is 0. The van der Waals surface area contributed by atoms with E-state index in [2.05, 4.69) is 13.8 Å². The van der Waals surface area contributed by atoms with Crippen molar-refractivity contribution >= 4 is 0 Å². The third-order valence-electron chi connectivity index (χ3n) is 2.02. The van der Waals surface area contributed by atoms with E-state index in [-0.39, 0.29) is 0 Å². The van der Waals surface area contributed by atoms with Crippen LogP contribution in [0.1, 0.15) is 59.3 Å². The molecular formula is C11H23O. The number of hydrogen-bond acceptors (Lipinski definition) is 1. The molecule has 0 aromatic carbocycles. The number of unbranched alkanes of at least 4 members (excludes halogenated alkanes) is 4. The molecule has 0 heterocycles. The molecule has 0 aromatic rings. The van der Waals surface area contributed by atoms with Gasteiger partial charge in [0.05, 0.1) is 6.10 Å². The van der Waals surface area contributed by atoms with Crippen molar-refractivity contribution in [1.82, 2.24) is 0 Å². The summed E-state index contributed by atoms with van der Waals surface area (Å²) in [6, 6.07) is 0. The van der Waals surface area contributed by atoms with Crippen molar-refractivity contribution in [3.63, 3.8) is 0 Å². The SMILES string of the molecule is CCCCCCC[C](C)OCC. The van der Waals surface area contributed by atoms with E-state index < -0.39 is 0 Å². The molecule has 0 aromatic heterocycles. The van der Waals surface area contributed by atoms with Crippen LogP contribution < -0.4 is 0 Å². The van der Waals surface area contributed by atoms with Crippen molar-refractivity contribution in [1.29, 1.82) is 0 Å². The maximum atomic E-state index is 5.37. The smallest absolute Gasteiger partial charge is 0.0939 e. The highest BCUT2D eigenvalue weighted by Crippen LogP contribution is 2.13. The highest BCUT2D eigenvalue weighted by molar-refractivity contribution is 4.70. The number of rotatable bonds is 8. The molecule has 0 atom stereocenters. The van der Waals surface area contributed by atoms with E-state index in [1.54, 1.807) is 0 Å². The molecule has 12 heavy (non-hydrogen) atoms. The first-order valence-electron chi connectivity index (χ1n) is 5.26. The fraction of sp³-hybridized carbons (Fsp3) is 0.909.